The fourth-order valence-electron chi connectivity index (χ4n) is 6.47. The van der Waals surface area contributed by atoms with Crippen LogP contribution in [0.25, 0.3) is 0 Å². The van der Waals surface area contributed by atoms with Crippen molar-refractivity contribution in [1.82, 2.24) is 30.7 Å². The molecule has 5 amide bonds. The molecule has 0 bridgehead atoms. The maximum Gasteiger partial charge on any atom is 0.326 e. The Labute approximate surface area is 311 Å². The molecule has 1 fully saturated rings. The zero-order chi connectivity index (χ0) is 39.4. The van der Waals surface area contributed by atoms with Crippen LogP contribution in [0.1, 0.15) is 72.3 Å². The lowest BCUT2D eigenvalue weighted by Crippen LogP contribution is -2.55. The molecular weight excluding hydrogens is 668 g/mol. The maximum absolute atomic E-state index is 13.9. The number of likely N-dealkylation sites (N-methyl/N-ethyl adjacent to an activating group) is 3. The Hall–Kier alpha value is -3.75. The topological polar surface area (TPSA) is 170 Å². The minimum Gasteiger partial charge on any atom is -0.480 e. The Kier molecular flexibility index (Phi) is 21.8. The minimum absolute atomic E-state index is 0.00603. The number of amides is 5. The molecule has 1 aromatic rings. The van der Waals surface area contributed by atoms with Crippen molar-refractivity contribution in [1.29, 1.82) is 0 Å². The van der Waals surface area contributed by atoms with Gasteiger partial charge in [-0.1, -0.05) is 77.8 Å². The van der Waals surface area contributed by atoms with Crippen LogP contribution in [0.4, 0.5) is 4.79 Å². The molecule has 1 saturated heterocycles. The molecule has 14 heteroatoms. The van der Waals surface area contributed by atoms with Crippen LogP contribution in [0.15, 0.2) is 30.3 Å². The zero-order valence-corrected chi connectivity index (χ0v) is 33.1. The molecule has 4 N–H and O–H groups in total. The number of carboxylic acid groups (broad SMARTS) is 1. The molecule has 1 aromatic carbocycles. The van der Waals surface area contributed by atoms with Crippen molar-refractivity contribution in [3.05, 3.63) is 35.9 Å². The van der Waals surface area contributed by atoms with Gasteiger partial charge in [0.25, 0.3) is 0 Å². The van der Waals surface area contributed by atoms with Crippen molar-refractivity contribution in [3.63, 3.8) is 0 Å². The number of rotatable bonds is 20. The summed E-state index contributed by atoms with van der Waals surface area (Å²) in [5.41, 5.74) is 0.784. The van der Waals surface area contributed by atoms with Crippen molar-refractivity contribution in [2.75, 3.05) is 61.5 Å². The van der Waals surface area contributed by atoms with Crippen molar-refractivity contribution < 1.29 is 38.6 Å². The van der Waals surface area contributed by atoms with Gasteiger partial charge in [0.05, 0.1) is 43.2 Å². The van der Waals surface area contributed by atoms with Crippen LogP contribution in [0, 0.1) is 11.8 Å². The molecule has 52 heavy (non-hydrogen) atoms. The second kappa shape index (κ2) is 24.5. The lowest BCUT2D eigenvalue weighted by atomic mass is 9.90. The Morgan fingerprint density at radius 2 is 1.65 bits per heavy atom. The number of urea groups is 1. The summed E-state index contributed by atoms with van der Waals surface area (Å²) in [6.45, 7) is 11.3. The van der Waals surface area contributed by atoms with Crippen LogP contribution in [0.3, 0.4) is 0 Å². The summed E-state index contributed by atoms with van der Waals surface area (Å²) in [7, 11) is 8.12. The monoisotopic (exact) mass is 734 g/mol. The second-order valence-corrected chi connectivity index (χ2v) is 13.6. The van der Waals surface area contributed by atoms with Gasteiger partial charge in [-0.2, -0.15) is 0 Å². The summed E-state index contributed by atoms with van der Waals surface area (Å²) in [6.07, 6.45) is 2.11. The van der Waals surface area contributed by atoms with Gasteiger partial charge in [-0.05, 0) is 31.4 Å². The average molecular weight is 735 g/mol. The van der Waals surface area contributed by atoms with Gasteiger partial charge in [-0.3, -0.25) is 14.4 Å². The van der Waals surface area contributed by atoms with Crippen LogP contribution in [-0.2, 0) is 35.1 Å². The summed E-state index contributed by atoms with van der Waals surface area (Å²) in [6, 6.07) is 6.73. The van der Waals surface area contributed by atoms with Crippen molar-refractivity contribution in [2.45, 2.75) is 103 Å². The number of ether oxygens (including phenoxy) is 2. The number of carbonyl (C=O) groups excluding carboxylic acids is 4. The van der Waals surface area contributed by atoms with E-state index in [1.54, 1.807) is 37.9 Å². The first-order valence-corrected chi connectivity index (χ1v) is 18.5. The van der Waals surface area contributed by atoms with E-state index in [1.807, 2.05) is 44.2 Å². The largest absolute Gasteiger partial charge is 0.480 e. The van der Waals surface area contributed by atoms with Crippen molar-refractivity contribution >= 4 is 29.7 Å². The highest BCUT2D eigenvalue weighted by Crippen LogP contribution is 2.29. The number of methoxy groups -OCH3 is 2. The van der Waals surface area contributed by atoms with E-state index in [2.05, 4.69) is 29.8 Å². The lowest BCUT2D eigenvalue weighted by molar-refractivity contribution is -0.146. The standard InChI is InChI=1S/C35H58N6O8.C3H8/c1-9-23(2)31(40(6)30(43)22-37-35(47)39(5)19-17-36-4)28(48-7)21-29(42)41-18-13-16-27(41)32(49-8)24(3)33(44)38-26(34(45)46)20-25-14-11-10-12-15-25;1-3-2/h10-12,14-15,23-24,26-28,31-32,36H,9,13,16-22H2,1-8H3,(H,37,47)(H,38,44)(H,45,46);3H2,1-2H3/t23?,24?,26-,27?,28?,31?,32?;/m0./s1. The van der Waals surface area contributed by atoms with Crippen LogP contribution in [-0.4, -0.2) is 141 Å². The highest BCUT2D eigenvalue weighted by molar-refractivity contribution is 5.86. The molecule has 2 rings (SSSR count). The van der Waals surface area contributed by atoms with Crippen LogP contribution in [0.5, 0.6) is 0 Å². The molecule has 0 radical (unpaired) electrons. The summed E-state index contributed by atoms with van der Waals surface area (Å²) >= 11 is 0. The Balaban J connectivity index is 0.00000434. The van der Waals surface area contributed by atoms with Crippen LogP contribution < -0.4 is 16.0 Å². The van der Waals surface area contributed by atoms with Crippen molar-refractivity contribution in [3.8, 4) is 0 Å². The Morgan fingerprint density at radius 3 is 2.19 bits per heavy atom. The summed E-state index contributed by atoms with van der Waals surface area (Å²) in [5, 5.41) is 18.1. The molecule has 296 valence electrons. The predicted octanol–water partition coefficient (Wildman–Crippen LogP) is 3.00. The molecule has 7 atom stereocenters. The molecule has 1 aliphatic heterocycles. The fraction of sp³-hybridized carbons (Fsp3) is 0.711. The number of likely N-dealkylation sites (tertiary alicyclic amines) is 1. The predicted molar refractivity (Wildman–Crippen MR) is 202 cm³/mol. The third-order valence-electron chi connectivity index (χ3n) is 9.64. The van der Waals surface area contributed by atoms with Gasteiger partial charge in [0.2, 0.25) is 17.7 Å². The van der Waals surface area contributed by atoms with Gasteiger partial charge < -0.3 is 45.2 Å². The first-order chi connectivity index (χ1) is 24.7. The van der Waals surface area contributed by atoms with E-state index in [4.69, 9.17) is 9.47 Å². The van der Waals surface area contributed by atoms with Crippen LogP contribution in [0.2, 0.25) is 0 Å². The molecule has 1 aliphatic rings. The first-order valence-electron chi connectivity index (χ1n) is 18.5. The van der Waals surface area contributed by atoms with Gasteiger partial charge in [0.15, 0.2) is 0 Å². The number of carboxylic acids is 1. The quantitative estimate of drug-likeness (QED) is 0.157. The van der Waals surface area contributed by atoms with E-state index in [-0.39, 0.29) is 43.1 Å². The summed E-state index contributed by atoms with van der Waals surface area (Å²) in [4.78, 5) is 69.8. The Morgan fingerprint density at radius 1 is 1.02 bits per heavy atom. The molecule has 0 aliphatic carbocycles. The third-order valence-corrected chi connectivity index (χ3v) is 9.64. The van der Waals surface area contributed by atoms with Gasteiger partial charge in [-0.15, -0.1) is 0 Å². The SMILES string of the molecule is CCC.CCC(C)C(C(CC(=O)N1CCCC1C(OC)C(C)C(=O)N[C@@H](Cc1ccccc1)C(=O)O)OC)N(C)C(=O)CNC(=O)N(C)CCNC. The molecular formula is C38H66N6O8. The van der Waals surface area contributed by atoms with E-state index in [1.165, 1.54) is 25.5 Å². The van der Waals surface area contributed by atoms with Crippen molar-refractivity contribution in [2.24, 2.45) is 11.8 Å². The number of hydrogen-bond donors (Lipinski definition) is 4. The molecule has 6 unspecified atom stereocenters. The normalized spacial score (nSPS) is 17.3. The van der Waals surface area contributed by atoms with Gasteiger partial charge in [0.1, 0.15) is 6.04 Å². The molecule has 0 spiro atoms. The van der Waals surface area contributed by atoms with Gasteiger partial charge in [0, 0.05) is 54.4 Å². The molecule has 0 saturated carbocycles. The fourth-order valence-corrected chi connectivity index (χ4v) is 6.47. The van der Waals surface area contributed by atoms with E-state index in [9.17, 15) is 29.1 Å². The summed E-state index contributed by atoms with van der Waals surface area (Å²) in [5.74, 6) is -2.88. The maximum atomic E-state index is 13.9. The number of aliphatic carboxylic acids is 1. The number of nitrogens with one attached hydrogen (secondary N) is 3. The summed E-state index contributed by atoms with van der Waals surface area (Å²) < 4.78 is 11.7. The lowest BCUT2D eigenvalue weighted by Gasteiger charge is -2.39. The van der Waals surface area contributed by atoms with E-state index < -0.39 is 48.1 Å². The van der Waals surface area contributed by atoms with E-state index in [0.29, 0.717) is 32.5 Å². The highest BCUT2D eigenvalue weighted by Gasteiger charge is 2.42. The minimum atomic E-state index is -1.14. The van der Waals surface area contributed by atoms with Gasteiger partial charge >= 0.3 is 12.0 Å². The van der Waals surface area contributed by atoms with Gasteiger partial charge in [-0.25, -0.2) is 9.59 Å². The van der Waals surface area contributed by atoms with E-state index >= 15 is 0 Å². The second-order valence-electron chi connectivity index (χ2n) is 13.6. The third kappa shape index (κ3) is 14.3. The smallest absolute Gasteiger partial charge is 0.326 e. The van der Waals surface area contributed by atoms with E-state index in [0.717, 1.165) is 12.0 Å². The first kappa shape index (κ1) is 46.3. The molecule has 1 heterocycles. The Bertz CT molecular complexity index is 1240. The number of nitrogens with zero attached hydrogens (tertiary/aromatic N) is 3. The number of benzene rings is 1. The number of hydrogen-bond acceptors (Lipinski definition) is 8. The highest BCUT2D eigenvalue weighted by atomic mass is 16.5. The molecule has 14 nitrogen and oxygen atoms in total. The number of carbonyl (C=O) groups is 5. The average Bonchev–Trinajstić information content (AvgIpc) is 3.62. The molecule has 0 aromatic heterocycles. The van der Waals surface area contributed by atoms with Crippen LogP contribution >= 0.6 is 0 Å². The zero-order valence-electron chi connectivity index (χ0n) is 33.1.